The Morgan fingerprint density at radius 3 is 1.57 bits per heavy atom. The number of nitrogens with one attached hydrogen (secondary N) is 1. The van der Waals surface area contributed by atoms with Crippen LogP contribution >= 0.6 is 39.7 Å². The lowest BCUT2D eigenvalue weighted by molar-refractivity contribution is 0.601. The van der Waals surface area contributed by atoms with Crippen LogP contribution in [0, 0.1) is 20.8 Å². The molecule has 2 heterocycles. The number of thiazole rings is 2. The molecule has 5 aromatic rings. The van der Waals surface area contributed by atoms with E-state index in [1.165, 1.54) is 33.8 Å². The first-order valence-corrected chi connectivity index (χ1v) is 14.3. The van der Waals surface area contributed by atoms with Gasteiger partial charge in [-0.2, -0.15) is 0 Å². The summed E-state index contributed by atoms with van der Waals surface area (Å²) in [7, 11) is -3.61. The second-order valence-corrected chi connectivity index (χ2v) is 11.7. The molecule has 10 heteroatoms. The quantitative estimate of drug-likeness (QED) is 0.213. The zero-order valence-corrected chi connectivity index (χ0v) is 24.7. The first-order valence-electron chi connectivity index (χ1n) is 11.1. The molecule has 0 aliphatic heterocycles. The summed E-state index contributed by atoms with van der Waals surface area (Å²) in [5.74, 6) is 0. The molecule has 0 radical (unpaired) electrons. The van der Waals surface area contributed by atoms with E-state index in [-0.39, 0.29) is 21.9 Å². The highest BCUT2D eigenvalue weighted by Crippen LogP contribution is 2.27. The van der Waals surface area contributed by atoms with Crippen molar-refractivity contribution < 1.29 is 8.42 Å². The van der Waals surface area contributed by atoms with Crippen LogP contribution in [0.4, 0.5) is 10.3 Å². The van der Waals surface area contributed by atoms with Crippen LogP contribution in [-0.4, -0.2) is 18.4 Å². The number of halogens is 1. The molecule has 0 saturated heterocycles. The van der Waals surface area contributed by atoms with Gasteiger partial charge in [0.15, 0.2) is 10.3 Å². The maximum Gasteiger partial charge on any atom is 0.263 e. The van der Waals surface area contributed by atoms with E-state index in [1.54, 1.807) is 24.3 Å². The van der Waals surface area contributed by atoms with Crippen molar-refractivity contribution >= 4 is 59.9 Å². The van der Waals surface area contributed by atoms with Gasteiger partial charge in [-0.15, -0.1) is 39.7 Å². The minimum Gasteiger partial charge on any atom is -0.375 e. The number of nitrogen functional groups attached to an aromatic ring is 1. The normalized spacial score (nSPS) is 10.7. The fraction of sp³-hybridized carbons (Fsp3) is 0.111. The van der Waals surface area contributed by atoms with Gasteiger partial charge in [-0.05, 0) is 32.9 Å². The maximum atomic E-state index is 12.4. The van der Waals surface area contributed by atoms with Crippen LogP contribution in [0.2, 0.25) is 0 Å². The van der Waals surface area contributed by atoms with Crippen LogP contribution < -0.4 is 10.5 Å². The number of benzene rings is 3. The smallest absolute Gasteiger partial charge is 0.263 e. The molecule has 192 valence electrons. The van der Waals surface area contributed by atoms with Crippen molar-refractivity contribution in [3.05, 3.63) is 100 Å². The highest BCUT2D eigenvalue weighted by atomic mass is 79.9. The minimum absolute atomic E-state index is 0. The van der Waals surface area contributed by atoms with Crippen LogP contribution in [0.25, 0.3) is 22.5 Å². The Morgan fingerprint density at radius 2 is 1.11 bits per heavy atom. The Bertz CT molecular complexity index is 1540. The van der Waals surface area contributed by atoms with E-state index in [9.17, 15) is 8.42 Å². The lowest BCUT2D eigenvalue weighted by Gasteiger charge is -2.05. The number of rotatable bonds is 5. The molecular weight excluding hydrogens is 588 g/mol. The van der Waals surface area contributed by atoms with Crippen molar-refractivity contribution in [1.82, 2.24) is 9.97 Å². The van der Waals surface area contributed by atoms with Crippen molar-refractivity contribution in [3.8, 4) is 22.5 Å². The van der Waals surface area contributed by atoms with Gasteiger partial charge < -0.3 is 5.73 Å². The Kier molecular flexibility index (Phi) is 9.61. The van der Waals surface area contributed by atoms with E-state index in [4.69, 9.17) is 5.73 Å². The third-order valence-electron chi connectivity index (χ3n) is 5.27. The molecule has 3 aromatic carbocycles. The van der Waals surface area contributed by atoms with Crippen molar-refractivity contribution in [2.75, 3.05) is 10.5 Å². The number of nitrogens with two attached hydrogens (primary N) is 1. The molecule has 2 aromatic heterocycles. The molecule has 6 nitrogen and oxygen atoms in total. The van der Waals surface area contributed by atoms with Crippen molar-refractivity contribution in [2.24, 2.45) is 0 Å². The second-order valence-electron chi connectivity index (χ2n) is 8.26. The van der Waals surface area contributed by atoms with E-state index in [2.05, 4.69) is 45.9 Å². The standard InChI is InChI=1S/C17H16N2O2S2.C10H10N2S.BrH/c1-12-3-7-14(8-4-12)16-11-22-17(18-16)19-23(20,21)15-9-5-13(2)6-10-15;1-7-2-4-8(5-3-7)9-6-13-10(11)12-9;/h3-11H,1-2H3,(H,18,19);2-6H,1H3,(H2,11,12);1H. The van der Waals surface area contributed by atoms with E-state index in [0.29, 0.717) is 10.3 Å². The summed E-state index contributed by atoms with van der Waals surface area (Å²) >= 11 is 2.74. The summed E-state index contributed by atoms with van der Waals surface area (Å²) in [6, 6.07) is 22.9. The van der Waals surface area contributed by atoms with Gasteiger partial charge in [0.2, 0.25) is 0 Å². The van der Waals surface area contributed by atoms with E-state index in [1.807, 2.05) is 48.9 Å². The monoisotopic (exact) mass is 614 g/mol. The zero-order valence-electron chi connectivity index (χ0n) is 20.5. The summed E-state index contributed by atoms with van der Waals surface area (Å²) in [5, 5.41) is 4.80. The van der Waals surface area contributed by atoms with Gasteiger partial charge in [0.05, 0.1) is 16.3 Å². The SMILES string of the molecule is Br.Cc1ccc(-c2csc(N)n2)cc1.Cc1ccc(-c2csc(NS(=O)(=O)c3ccc(C)cc3)n2)cc1. The summed E-state index contributed by atoms with van der Waals surface area (Å²) in [6.45, 7) is 6.00. The van der Waals surface area contributed by atoms with Crippen molar-refractivity contribution in [1.29, 1.82) is 0 Å². The molecule has 0 spiro atoms. The molecule has 0 aliphatic carbocycles. The highest BCUT2D eigenvalue weighted by Gasteiger charge is 2.16. The van der Waals surface area contributed by atoms with Gasteiger partial charge in [0.25, 0.3) is 10.0 Å². The number of aryl methyl sites for hydroxylation is 3. The molecule has 3 N–H and O–H groups in total. The number of aromatic nitrogens is 2. The summed E-state index contributed by atoms with van der Waals surface area (Å²) in [6.07, 6.45) is 0. The Balaban J connectivity index is 0.000000231. The summed E-state index contributed by atoms with van der Waals surface area (Å²) in [4.78, 5) is 8.81. The Labute approximate surface area is 236 Å². The van der Waals surface area contributed by atoms with Crippen LogP contribution in [-0.2, 0) is 10.0 Å². The molecular formula is C27H27BrN4O2S3. The number of sulfonamides is 1. The van der Waals surface area contributed by atoms with Gasteiger partial charge in [-0.3, -0.25) is 4.72 Å². The van der Waals surface area contributed by atoms with Crippen LogP contribution in [0.15, 0.2) is 88.5 Å². The lowest BCUT2D eigenvalue weighted by Crippen LogP contribution is -2.12. The topological polar surface area (TPSA) is 98.0 Å². The van der Waals surface area contributed by atoms with Crippen molar-refractivity contribution in [3.63, 3.8) is 0 Å². The maximum absolute atomic E-state index is 12.4. The number of nitrogens with zero attached hydrogens (tertiary/aromatic N) is 2. The average Bonchev–Trinajstić information content (AvgIpc) is 3.49. The van der Waals surface area contributed by atoms with Crippen LogP contribution in [0.1, 0.15) is 16.7 Å². The predicted molar refractivity (Wildman–Crippen MR) is 161 cm³/mol. The third-order valence-corrected chi connectivity index (χ3v) is 8.19. The third kappa shape index (κ3) is 7.72. The molecule has 0 bridgehead atoms. The molecule has 0 saturated carbocycles. The summed E-state index contributed by atoms with van der Waals surface area (Å²) in [5.41, 5.74) is 12.8. The van der Waals surface area contributed by atoms with E-state index < -0.39 is 10.0 Å². The fourth-order valence-electron chi connectivity index (χ4n) is 3.21. The van der Waals surface area contributed by atoms with E-state index in [0.717, 1.165) is 28.1 Å². The average molecular weight is 616 g/mol. The van der Waals surface area contributed by atoms with E-state index >= 15 is 0 Å². The highest BCUT2D eigenvalue weighted by molar-refractivity contribution is 8.93. The Morgan fingerprint density at radius 1 is 0.676 bits per heavy atom. The predicted octanol–water partition coefficient (Wildman–Crippen LogP) is 7.51. The first-order chi connectivity index (χ1) is 17.2. The molecule has 0 unspecified atom stereocenters. The van der Waals surface area contributed by atoms with Gasteiger partial charge in [0, 0.05) is 21.9 Å². The molecule has 5 rings (SSSR count). The summed E-state index contributed by atoms with van der Waals surface area (Å²) < 4.78 is 27.3. The molecule has 37 heavy (non-hydrogen) atoms. The first kappa shape index (κ1) is 28.5. The largest absolute Gasteiger partial charge is 0.375 e. The molecule has 0 aliphatic rings. The Hall–Kier alpha value is -3.05. The molecule has 0 amide bonds. The molecule has 0 fully saturated rings. The second kappa shape index (κ2) is 12.5. The van der Waals surface area contributed by atoms with Crippen molar-refractivity contribution in [2.45, 2.75) is 25.7 Å². The minimum atomic E-state index is -3.61. The number of hydrogen-bond acceptors (Lipinski definition) is 7. The van der Waals surface area contributed by atoms with Gasteiger partial charge in [0.1, 0.15) is 0 Å². The van der Waals surface area contributed by atoms with Gasteiger partial charge in [-0.25, -0.2) is 18.4 Å². The van der Waals surface area contributed by atoms with Gasteiger partial charge >= 0.3 is 0 Å². The van der Waals surface area contributed by atoms with Crippen LogP contribution in [0.3, 0.4) is 0 Å². The zero-order chi connectivity index (χ0) is 25.7. The number of hydrogen-bond donors (Lipinski definition) is 2. The van der Waals surface area contributed by atoms with Crippen LogP contribution in [0.5, 0.6) is 0 Å². The lowest BCUT2D eigenvalue weighted by atomic mass is 10.1. The van der Waals surface area contributed by atoms with Gasteiger partial charge in [-0.1, -0.05) is 77.4 Å². The molecule has 0 atom stereocenters. The number of anilines is 2. The fourth-order valence-corrected chi connectivity index (χ4v) is 5.76.